The van der Waals surface area contributed by atoms with Crippen molar-refractivity contribution in [2.75, 3.05) is 19.1 Å². The number of phenols is 1. The van der Waals surface area contributed by atoms with Gasteiger partial charge in [0.1, 0.15) is 0 Å². The molecule has 2 aromatic carbocycles. The Bertz CT molecular complexity index is 771. The number of aliphatic imine (C=N–C) groups is 1. The molecule has 118 valence electrons. The maximum absolute atomic E-state index is 11.2. The Morgan fingerprint density at radius 1 is 1.35 bits per heavy atom. The van der Waals surface area contributed by atoms with Gasteiger partial charge in [0.15, 0.2) is 17.8 Å². The first-order chi connectivity index (χ1) is 11.1. The van der Waals surface area contributed by atoms with Gasteiger partial charge in [-0.25, -0.2) is 0 Å². The van der Waals surface area contributed by atoms with Crippen molar-refractivity contribution in [2.24, 2.45) is 4.99 Å². The van der Waals surface area contributed by atoms with Gasteiger partial charge >= 0.3 is 0 Å². The van der Waals surface area contributed by atoms with Gasteiger partial charge in [-0.1, -0.05) is 18.2 Å². The first kappa shape index (κ1) is 15.1. The lowest BCUT2D eigenvalue weighted by molar-refractivity contribution is 0.112. The number of carbonyl (C=O) groups is 1. The fourth-order valence-electron chi connectivity index (χ4n) is 2.83. The summed E-state index contributed by atoms with van der Waals surface area (Å²) in [5.74, 6) is 0.227. The molecule has 0 spiro atoms. The second kappa shape index (κ2) is 6.12. The van der Waals surface area contributed by atoms with Crippen LogP contribution < -0.4 is 9.64 Å². The van der Waals surface area contributed by atoms with Gasteiger partial charge in [0.05, 0.1) is 18.8 Å². The molecule has 0 amide bonds. The number of carbonyl (C=O) groups excluding carboxylic acids is 1. The van der Waals surface area contributed by atoms with Gasteiger partial charge in [-0.05, 0) is 24.1 Å². The molecule has 1 heterocycles. The van der Waals surface area contributed by atoms with Gasteiger partial charge in [-0.2, -0.15) is 0 Å². The number of hydrogen-bond acceptors (Lipinski definition) is 5. The van der Waals surface area contributed by atoms with Crippen molar-refractivity contribution in [3.8, 4) is 11.5 Å². The highest BCUT2D eigenvalue weighted by Gasteiger charge is 2.24. The molecule has 1 atom stereocenters. The molecule has 0 aromatic heterocycles. The van der Waals surface area contributed by atoms with Crippen molar-refractivity contribution < 1.29 is 14.6 Å². The smallest absolute Gasteiger partial charge is 0.161 e. The van der Waals surface area contributed by atoms with Crippen LogP contribution >= 0.6 is 0 Å². The molecule has 1 N–H and O–H groups in total. The Balaban J connectivity index is 1.87. The molecule has 2 aromatic rings. The third-order valence-corrected chi connectivity index (χ3v) is 4.14. The molecule has 0 fully saturated rings. The largest absolute Gasteiger partial charge is 0.504 e. The second-order valence-electron chi connectivity index (χ2n) is 5.49. The van der Waals surface area contributed by atoms with E-state index in [1.54, 1.807) is 0 Å². The minimum atomic E-state index is -0.0340. The van der Waals surface area contributed by atoms with Crippen molar-refractivity contribution in [1.29, 1.82) is 0 Å². The molecule has 5 nitrogen and oxygen atoms in total. The van der Waals surface area contributed by atoms with Crippen LogP contribution in [0.4, 0.5) is 11.4 Å². The number of benzene rings is 2. The summed E-state index contributed by atoms with van der Waals surface area (Å²) in [4.78, 5) is 17.8. The summed E-state index contributed by atoms with van der Waals surface area (Å²) in [6.45, 7) is 0. The van der Waals surface area contributed by atoms with Crippen molar-refractivity contribution in [2.45, 2.75) is 12.5 Å². The quantitative estimate of drug-likeness (QED) is 0.696. The van der Waals surface area contributed by atoms with E-state index in [-0.39, 0.29) is 17.5 Å². The first-order valence-electron chi connectivity index (χ1n) is 7.35. The second-order valence-corrected chi connectivity index (χ2v) is 5.49. The minimum absolute atomic E-state index is 0.0340. The van der Waals surface area contributed by atoms with E-state index in [1.807, 2.05) is 25.4 Å². The lowest BCUT2D eigenvalue weighted by Crippen LogP contribution is -2.28. The topological polar surface area (TPSA) is 62.1 Å². The van der Waals surface area contributed by atoms with Crippen LogP contribution in [0.5, 0.6) is 11.5 Å². The maximum Gasteiger partial charge on any atom is 0.161 e. The third kappa shape index (κ3) is 2.77. The number of fused-ring (bicyclic) bond motifs is 1. The summed E-state index contributed by atoms with van der Waals surface area (Å²) >= 11 is 0. The third-order valence-electron chi connectivity index (χ3n) is 4.14. The lowest BCUT2D eigenvalue weighted by atomic mass is 10.1. The Hall–Kier alpha value is -2.82. The van der Waals surface area contributed by atoms with E-state index >= 15 is 0 Å². The van der Waals surface area contributed by atoms with E-state index in [1.165, 1.54) is 30.5 Å². The fraction of sp³-hybridized carbons (Fsp3) is 0.222. The average Bonchev–Trinajstić information content (AvgIpc) is 2.89. The Labute approximate surface area is 134 Å². The number of anilines is 1. The predicted octanol–water partition coefficient (Wildman–Crippen LogP) is 2.98. The molecule has 1 aliphatic heterocycles. The van der Waals surface area contributed by atoms with Crippen molar-refractivity contribution >= 4 is 23.9 Å². The van der Waals surface area contributed by atoms with Crippen LogP contribution in [-0.4, -0.2) is 37.8 Å². The number of aromatic hydroxyl groups is 1. The number of aldehydes is 1. The molecule has 0 bridgehead atoms. The number of para-hydroxylation sites is 1. The van der Waals surface area contributed by atoms with Gasteiger partial charge in [0.25, 0.3) is 0 Å². The normalized spacial score (nSPS) is 16.6. The van der Waals surface area contributed by atoms with E-state index in [2.05, 4.69) is 22.0 Å². The number of nitrogens with zero attached hydrogens (tertiary/aromatic N) is 2. The highest BCUT2D eigenvalue weighted by atomic mass is 16.5. The van der Waals surface area contributed by atoms with E-state index in [9.17, 15) is 9.90 Å². The SMILES string of the molecule is COc1cc(C=O)c(N=CC2Cc3ccccc3N2C)cc1O. The van der Waals surface area contributed by atoms with Crippen LogP contribution in [-0.2, 0) is 6.42 Å². The zero-order valence-electron chi connectivity index (χ0n) is 13.1. The first-order valence-corrected chi connectivity index (χ1v) is 7.35. The highest BCUT2D eigenvalue weighted by molar-refractivity contribution is 5.87. The van der Waals surface area contributed by atoms with E-state index in [0.29, 0.717) is 17.5 Å². The van der Waals surface area contributed by atoms with Crippen LogP contribution in [0.2, 0.25) is 0 Å². The lowest BCUT2D eigenvalue weighted by Gasteiger charge is -2.18. The summed E-state index contributed by atoms with van der Waals surface area (Å²) < 4.78 is 5.01. The predicted molar refractivity (Wildman–Crippen MR) is 90.5 cm³/mol. The summed E-state index contributed by atoms with van der Waals surface area (Å²) in [5.41, 5.74) is 3.29. The van der Waals surface area contributed by atoms with E-state index < -0.39 is 0 Å². The summed E-state index contributed by atoms with van der Waals surface area (Å²) in [6, 6.07) is 11.3. The molecule has 0 aliphatic carbocycles. The number of phenolic OH excluding ortho intramolecular Hbond substituents is 1. The molecular weight excluding hydrogens is 292 g/mol. The summed E-state index contributed by atoms with van der Waals surface area (Å²) in [7, 11) is 3.46. The van der Waals surface area contributed by atoms with Gasteiger partial charge < -0.3 is 14.7 Å². The highest BCUT2D eigenvalue weighted by Crippen LogP contribution is 2.34. The molecule has 0 radical (unpaired) electrons. The number of ether oxygens (including phenoxy) is 1. The van der Waals surface area contributed by atoms with E-state index in [0.717, 1.165) is 6.42 Å². The number of methoxy groups -OCH3 is 1. The van der Waals surface area contributed by atoms with Crippen molar-refractivity contribution in [3.05, 3.63) is 47.5 Å². The molecular formula is C18H18N2O3. The van der Waals surface area contributed by atoms with Crippen LogP contribution in [0.1, 0.15) is 15.9 Å². The van der Waals surface area contributed by atoms with Crippen LogP contribution in [0.25, 0.3) is 0 Å². The summed E-state index contributed by atoms with van der Waals surface area (Å²) in [6.07, 6.45) is 3.39. The van der Waals surface area contributed by atoms with E-state index in [4.69, 9.17) is 4.74 Å². The number of likely N-dealkylation sites (N-methyl/N-ethyl adjacent to an activating group) is 1. The fourth-order valence-corrected chi connectivity index (χ4v) is 2.83. The number of hydrogen-bond donors (Lipinski definition) is 1. The van der Waals surface area contributed by atoms with Crippen molar-refractivity contribution in [1.82, 2.24) is 0 Å². The molecule has 0 saturated carbocycles. The van der Waals surface area contributed by atoms with Crippen LogP contribution in [0, 0.1) is 0 Å². The Morgan fingerprint density at radius 2 is 2.13 bits per heavy atom. The van der Waals surface area contributed by atoms with Gasteiger partial charge in [-0.3, -0.25) is 9.79 Å². The molecule has 3 rings (SSSR count). The van der Waals surface area contributed by atoms with Gasteiger partial charge in [0, 0.05) is 30.6 Å². The molecule has 1 unspecified atom stereocenters. The Kier molecular flexibility index (Phi) is 4.02. The van der Waals surface area contributed by atoms with Gasteiger partial charge in [0.2, 0.25) is 0 Å². The number of rotatable bonds is 4. The molecule has 0 saturated heterocycles. The summed E-state index contributed by atoms with van der Waals surface area (Å²) in [5, 5.41) is 9.87. The molecule has 5 heteroatoms. The standard InChI is InChI=1S/C18H18N2O3/c1-20-14(7-12-5-3-4-6-16(12)20)10-19-15-9-17(22)18(23-2)8-13(15)11-21/h3-6,8-11,14,22H,7H2,1-2H3. The van der Waals surface area contributed by atoms with Crippen molar-refractivity contribution in [3.63, 3.8) is 0 Å². The van der Waals surface area contributed by atoms with Crippen LogP contribution in [0.3, 0.4) is 0 Å². The minimum Gasteiger partial charge on any atom is -0.504 e. The molecule has 1 aliphatic rings. The van der Waals surface area contributed by atoms with Gasteiger partial charge in [-0.15, -0.1) is 0 Å². The average molecular weight is 310 g/mol. The monoisotopic (exact) mass is 310 g/mol. The van der Waals surface area contributed by atoms with Crippen LogP contribution in [0.15, 0.2) is 41.4 Å². The molecule has 23 heavy (non-hydrogen) atoms. The zero-order chi connectivity index (χ0) is 16.4. The maximum atomic E-state index is 11.2. The Morgan fingerprint density at radius 3 is 2.83 bits per heavy atom. The zero-order valence-corrected chi connectivity index (χ0v) is 13.1.